The normalized spacial score (nSPS) is 9.76. The fourth-order valence-electron chi connectivity index (χ4n) is 1.70. The number of rotatable bonds is 4. The summed E-state index contributed by atoms with van der Waals surface area (Å²) >= 11 is 3.41. The van der Waals surface area contributed by atoms with Crippen LogP contribution in [0.1, 0.15) is 21.5 Å². The number of carbonyl (C=O) groups is 1. The molecule has 0 unspecified atom stereocenters. The van der Waals surface area contributed by atoms with Crippen LogP contribution in [0.3, 0.4) is 0 Å². The smallest absolute Gasteiger partial charge is 0.337 e. The molecule has 0 spiro atoms. The quantitative estimate of drug-likeness (QED) is 0.793. The highest BCUT2D eigenvalue weighted by Gasteiger charge is 2.08. The molecular formula is C16H12BrNO3. The first kappa shape index (κ1) is 15.1. The largest absolute Gasteiger partial charge is 0.489 e. The molecule has 0 bridgehead atoms. The molecule has 0 amide bonds. The number of halogens is 1. The summed E-state index contributed by atoms with van der Waals surface area (Å²) in [7, 11) is 1.35. The fraction of sp³-hybridized carbons (Fsp3) is 0.125. The zero-order valence-electron chi connectivity index (χ0n) is 11.3. The molecule has 0 fully saturated rings. The van der Waals surface area contributed by atoms with Crippen LogP contribution in [-0.2, 0) is 11.3 Å². The number of ether oxygens (including phenoxy) is 2. The predicted molar refractivity (Wildman–Crippen MR) is 81.0 cm³/mol. The Balaban J connectivity index is 2.06. The Morgan fingerprint density at radius 2 is 1.95 bits per heavy atom. The van der Waals surface area contributed by atoms with Crippen molar-refractivity contribution in [3.63, 3.8) is 0 Å². The van der Waals surface area contributed by atoms with Gasteiger partial charge < -0.3 is 9.47 Å². The third-order valence-corrected chi connectivity index (χ3v) is 3.59. The molecule has 106 valence electrons. The molecule has 0 aliphatic rings. The van der Waals surface area contributed by atoms with Gasteiger partial charge in [0.2, 0.25) is 0 Å². The van der Waals surface area contributed by atoms with Gasteiger partial charge in [-0.2, -0.15) is 5.26 Å². The highest BCUT2D eigenvalue weighted by atomic mass is 79.9. The Morgan fingerprint density at radius 3 is 2.52 bits per heavy atom. The number of hydrogen-bond acceptors (Lipinski definition) is 4. The molecule has 0 saturated carbocycles. The number of carbonyl (C=O) groups excluding carboxylic acids is 1. The van der Waals surface area contributed by atoms with E-state index in [1.807, 2.05) is 0 Å². The maximum Gasteiger partial charge on any atom is 0.337 e. The van der Waals surface area contributed by atoms with Crippen LogP contribution in [0.5, 0.6) is 5.75 Å². The summed E-state index contributed by atoms with van der Waals surface area (Å²) < 4.78 is 11.1. The maximum absolute atomic E-state index is 11.4. The van der Waals surface area contributed by atoms with Gasteiger partial charge in [-0.3, -0.25) is 0 Å². The summed E-state index contributed by atoms with van der Waals surface area (Å²) in [6, 6.07) is 14.1. The molecule has 0 atom stereocenters. The Morgan fingerprint density at radius 1 is 1.24 bits per heavy atom. The van der Waals surface area contributed by atoms with E-state index in [1.54, 1.807) is 42.5 Å². The number of benzene rings is 2. The summed E-state index contributed by atoms with van der Waals surface area (Å²) in [6.07, 6.45) is 0. The zero-order valence-corrected chi connectivity index (χ0v) is 12.9. The van der Waals surface area contributed by atoms with Gasteiger partial charge in [-0.25, -0.2) is 4.79 Å². The van der Waals surface area contributed by atoms with Crippen LogP contribution < -0.4 is 4.74 Å². The monoisotopic (exact) mass is 345 g/mol. The lowest BCUT2D eigenvalue weighted by Crippen LogP contribution is -2.03. The molecule has 0 heterocycles. The number of methoxy groups -OCH3 is 1. The van der Waals surface area contributed by atoms with E-state index < -0.39 is 0 Å². The van der Waals surface area contributed by atoms with E-state index >= 15 is 0 Å². The molecular weight excluding hydrogens is 334 g/mol. The van der Waals surface area contributed by atoms with Gasteiger partial charge in [-0.15, -0.1) is 0 Å². The summed E-state index contributed by atoms with van der Waals surface area (Å²) in [5.74, 6) is 0.299. The maximum atomic E-state index is 11.4. The van der Waals surface area contributed by atoms with Crippen molar-refractivity contribution >= 4 is 21.9 Å². The van der Waals surface area contributed by atoms with E-state index in [2.05, 4.69) is 26.7 Å². The molecule has 2 rings (SSSR count). The lowest BCUT2D eigenvalue weighted by atomic mass is 10.1. The number of hydrogen-bond donors (Lipinski definition) is 0. The average molecular weight is 346 g/mol. The van der Waals surface area contributed by atoms with Crippen molar-refractivity contribution in [3.05, 3.63) is 63.6 Å². The van der Waals surface area contributed by atoms with Gasteiger partial charge in [0.05, 0.1) is 24.3 Å². The van der Waals surface area contributed by atoms with E-state index in [-0.39, 0.29) is 5.97 Å². The fourth-order valence-corrected chi connectivity index (χ4v) is 2.19. The van der Waals surface area contributed by atoms with E-state index in [4.69, 9.17) is 10.00 Å². The van der Waals surface area contributed by atoms with Gasteiger partial charge in [0.15, 0.2) is 0 Å². The third kappa shape index (κ3) is 3.83. The first-order valence-electron chi connectivity index (χ1n) is 6.13. The first-order chi connectivity index (χ1) is 10.1. The van der Waals surface area contributed by atoms with E-state index in [1.165, 1.54) is 7.11 Å². The topological polar surface area (TPSA) is 59.3 Å². The van der Waals surface area contributed by atoms with Gasteiger partial charge in [-0.1, -0.05) is 22.0 Å². The Kier molecular flexibility index (Phi) is 4.96. The lowest BCUT2D eigenvalue weighted by Gasteiger charge is -2.09. The summed E-state index contributed by atoms with van der Waals surface area (Å²) in [6.45, 7) is 0.355. The van der Waals surface area contributed by atoms with E-state index in [9.17, 15) is 4.79 Å². The van der Waals surface area contributed by atoms with Crippen molar-refractivity contribution in [3.8, 4) is 11.8 Å². The molecule has 4 nitrogen and oxygen atoms in total. The van der Waals surface area contributed by atoms with Gasteiger partial charge in [0.1, 0.15) is 12.4 Å². The highest BCUT2D eigenvalue weighted by Crippen LogP contribution is 2.21. The van der Waals surface area contributed by atoms with Crippen molar-refractivity contribution in [2.45, 2.75) is 6.61 Å². The molecule has 21 heavy (non-hydrogen) atoms. The van der Waals surface area contributed by atoms with Crippen LogP contribution in [-0.4, -0.2) is 13.1 Å². The highest BCUT2D eigenvalue weighted by molar-refractivity contribution is 9.10. The van der Waals surface area contributed by atoms with Crippen LogP contribution in [0.4, 0.5) is 0 Å². The number of nitriles is 1. The Hall–Kier alpha value is -2.32. The molecule has 0 aliphatic carbocycles. The number of esters is 1. The second-order valence-corrected chi connectivity index (χ2v) is 5.08. The summed E-state index contributed by atoms with van der Waals surface area (Å²) in [4.78, 5) is 11.4. The minimum Gasteiger partial charge on any atom is -0.489 e. The van der Waals surface area contributed by atoms with Crippen LogP contribution in [0.15, 0.2) is 46.9 Å². The van der Waals surface area contributed by atoms with Gasteiger partial charge in [0.25, 0.3) is 0 Å². The summed E-state index contributed by atoms with van der Waals surface area (Å²) in [5, 5.41) is 8.73. The van der Waals surface area contributed by atoms with Gasteiger partial charge in [0, 0.05) is 10.0 Å². The minimum absolute atomic E-state index is 0.355. The number of nitrogens with zero attached hydrogens (tertiary/aromatic N) is 1. The standard InChI is InChI=1S/C16H12BrNO3/c1-20-16(19)12-4-5-13(15(17)8-12)10-21-14-6-2-11(9-18)3-7-14/h2-8H,10H2,1H3. The molecule has 0 aliphatic heterocycles. The van der Waals surface area contributed by atoms with Crippen LogP contribution in [0, 0.1) is 11.3 Å². The van der Waals surface area contributed by atoms with Crippen molar-refractivity contribution in [2.75, 3.05) is 7.11 Å². The molecule has 0 radical (unpaired) electrons. The predicted octanol–water partition coefficient (Wildman–Crippen LogP) is 3.69. The first-order valence-corrected chi connectivity index (χ1v) is 6.93. The van der Waals surface area contributed by atoms with Crippen molar-refractivity contribution in [1.82, 2.24) is 0 Å². The van der Waals surface area contributed by atoms with Crippen molar-refractivity contribution in [2.24, 2.45) is 0 Å². The van der Waals surface area contributed by atoms with Gasteiger partial charge >= 0.3 is 5.97 Å². The molecule has 0 aromatic heterocycles. The molecule has 2 aromatic carbocycles. The molecule has 0 N–H and O–H groups in total. The van der Waals surface area contributed by atoms with Crippen molar-refractivity contribution in [1.29, 1.82) is 5.26 Å². The Labute approximate surface area is 131 Å². The lowest BCUT2D eigenvalue weighted by molar-refractivity contribution is 0.0600. The van der Waals surface area contributed by atoms with E-state index in [0.29, 0.717) is 23.5 Å². The summed E-state index contributed by atoms with van der Waals surface area (Å²) in [5.41, 5.74) is 1.98. The van der Waals surface area contributed by atoms with Crippen molar-refractivity contribution < 1.29 is 14.3 Å². The molecule has 5 heteroatoms. The second-order valence-electron chi connectivity index (χ2n) is 4.22. The Bertz CT molecular complexity index is 690. The van der Waals surface area contributed by atoms with Gasteiger partial charge in [-0.05, 0) is 36.4 Å². The minimum atomic E-state index is -0.379. The molecule has 0 saturated heterocycles. The third-order valence-electron chi connectivity index (χ3n) is 2.85. The van der Waals surface area contributed by atoms with Crippen LogP contribution >= 0.6 is 15.9 Å². The zero-order chi connectivity index (χ0) is 15.2. The SMILES string of the molecule is COC(=O)c1ccc(COc2ccc(C#N)cc2)c(Br)c1. The van der Waals surface area contributed by atoms with Crippen LogP contribution in [0.2, 0.25) is 0 Å². The average Bonchev–Trinajstić information content (AvgIpc) is 2.53. The van der Waals surface area contributed by atoms with E-state index in [0.717, 1.165) is 10.0 Å². The second kappa shape index (κ2) is 6.91. The molecule has 2 aromatic rings. The van der Waals surface area contributed by atoms with Crippen LogP contribution in [0.25, 0.3) is 0 Å².